The molecule has 2 heterocycles. The summed E-state index contributed by atoms with van der Waals surface area (Å²) in [6, 6.07) is 5.55. The minimum absolute atomic E-state index is 0.00587. The first kappa shape index (κ1) is 23.0. The highest BCUT2D eigenvalue weighted by Crippen LogP contribution is 2.43. The van der Waals surface area contributed by atoms with E-state index in [1.807, 2.05) is 63.8 Å². The highest BCUT2D eigenvalue weighted by Gasteiger charge is 2.42. The van der Waals surface area contributed by atoms with Gasteiger partial charge in [-0.1, -0.05) is 0 Å². The lowest BCUT2D eigenvalue weighted by molar-refractivity contribution is -0.124. The normalized spacial score (nSPS) is 17.4. The zero-order chi connectivity index (χ0) is 22.8. The van der Waals surface area contributed by atoms with Crippen molar-refractivity contribution in [1.29, 1.82) is 0 Å². The molecule has 1 saturated heterocycles. The number of benzene rings is 1. The lowest BCUT2D eigenvalue weighted by atomic mass is 9.84. The fourth-order valence-corrected chi connectivity index (χ4v) is 4.02. The summed E-state index contributed by atoms with van der Waals surface area (Å²) in [7, 11) is 1.61. The van der Waals surface area contributed by atoms with Crippen LogP contribution in [0.25, 0.3) is 5.57 Å². The molecule has 2 aliphatic heterocycles. The molecule has 1 aromatic rings. The predicted molar refractivity (Wildman–Crippen MR) is 119 cm³/mol. The van der Waals surface area contributed by atoms with Crippen LogP contribution in [0.4, 0.5) is 4.79 Å². The zero-order valence-electron chi connectivity index (χ0n) is 19.5. The minimum atomic E-state index is -0.643. The maximum absolute atomic E-state index is 13.3. The first-order valence-corrected chi connectivity index (χ1v) is 11.0. The summed E-state index contributed by atoms with van der Waals surface area (Å²) >= 11 is 0. The van der Waals surface area contributed by atoms with Gasteiger partial charge in [0.05, 0.1) is 12.7 Å². The summed E-state index contributed by atoms with van der Waals surface area (Å²) < 4.78 is 17.3. The quantitative estimate of drug-likeness (QED) is 0.719. The average molecular weight is 431 g/mol. The van der Waals surface area contributed by atoms with Gasteiger partial charge in [0.15, 0.2) is 0 Å². The minimum Gasteiger partial charge on any atom is -0.497 e. The van der Waals surface area contributed by atoms with Crippen molar-refractivity contribution in [2.45, 2.75) is 58.7 Å². The molecule has 2 amide bonds. The fraction of sp³-hybridized carbons (Fsp3) is 0.583. The molecule has 0 saturated carbocycles. The van der Waals surface area contributed by atoms with Crippen molar-refractivity contribution in [1.82, 2.24) is 9.80 Å². The van der Waals surface area contributed by atoms with Crippen LogP contribution in [0, 0.1) is 0 Å². The molecule has 0 bridgehead atoms. The maximum Gasteiger partial charge on any atom is 0.410 e. The molecule has 170 valence electrons. The molecule has 2 aliphatic rings. The molecule has 0 unspecified atom stereocenters. The van der Waals surface area contributed by atoms with Gasteiger partial charge in [0.1, 0.15) is 22.7 Å². The first-order valence-electron chi connectivity index (χ1n) is 11.0. The van der Waals surface area contributed by atoms with Crippen LogP contribution in [-0.4, -0.2) is 66.3 Å². The molecule has 3 rings (SSSR count). The molecule has 1 fully saturated rings. The summed E-state index contributed by atoms with van der Waals surface area (Å²) in [6.07, 6.45) is 2.81. The van der Waals surface area contributed by atoms with E-state index in [1.165, 1.54) is 0 Å². The van der Waals surface area contributed by atoms with Crippen molar-refractivity contribution in [3.05, 3.63) is 29.8 Å². The van der Waals surface area contributed by atoms with Crippen molar-refractivity contribution in [2.24, 2.45) is 0 Å². The van der Waals surface area contributed by atoms with Crippen LogP contribution >= 0.6 is 0 Å². The van der Waals surface area contributed by atoms with E-state index < -0.39 is 11.2 Å². The molecule has 0 N–H and O–H groups in total. The van der Waals surface area contributed by atoms with Crippen molar-refractivity contribution in [3.8, 4) is 11.5 Å². The van der Waals surface area contributed by atoms with E-state index in [4.69, 9.17) is 14.2 Å². The Balaban J connectivity index is 1.90. The number of amides is 2. The summed E-state index contributed by atoms with van der Waals surface area (Å²) in [5.41, 5.74) is 0.249. The van der Waals surface area contributed by atoms with E-state index in [0.29, 0.717) is 56.1 Å². The van der Waals surface area contributed by atoms with Gasteiger partial charge in [-0.05, 0) is 52.8 Å². The van der Waals surface area contributed by atoms with Crippen molar-refractivity contribution < 1.29 is 23.8 Å². The largest absolute Gasteiger partial charge is 0.497 e. The lowest BCUT2D eigenvalue weighted by Gasteiger charge is -2.43. The Kier molecular flexibility index (Phi) is 6.53. The van der Waals surface area contributed by atoms with Crippen LogP contribution in [0.2, 0.25) is 0 Å². The SMILES string of the molecule is CCN(CC)C(=O)C1=CC2(CCN(C(=O)OC(C)(C)C)CC2)Oc2cc(OC)ccc21. The number of carbonyl (C=O) groups is 2. The topological polar surface area (TPSA) is 68.3 Å². The maximum atomic E-state index is 13.3. The van der Waals surface area contributed by atoms with Gasteiger partial charge in [-0.3, -0.25) is 4.79 Å². The summed E-state index contributed by atoms with van der Waals surface area (Å²) in [4.78, 5) is 29.3. The third kappa shape index (κ3) is 4.97. The molecule has 7 nitrogen and oxygen atoms in total. The van der Waals surface area contributed by atoms with Gasteiger partial charge in [0, 0.05) is 50.7 Å². The second-order valence-electron chi connectivity index (χ2n) is 9.03. The van der Waals surface area contributed by atoms with Crippen LogP contribution in [0.15, 0.2) is 24.3 Å². The van der Waals surface area contributed by atoms with Gasteiger partial charge in [0.2, 0.25) is 0 Å². The molecular weight excluding hydrogens is 396 g/mol. The Labute approximate surface area is 184 Å². The number of carbonyl (C=O) groups excluding carboxylic acids is 2. The number of likely N-dealkylation sites (N-methyl/N-ethyl adjacent to an activating group) is 1. The number of hydrogen-bond donors (Lipinski definition) is 0. The molecule has 1 aromatic carbocycles. The molecule has 0 aromatic heterocycles. The highest BCUT2D eigenvalue weighted by atomic mass is 16.6. The monoisotopic (exact) mass is 430 g/mol. The third-order valence-electron chi connectivity index (χ3n) is 5.74. The first-order chi connectivity index (χ1) is 14.6. The average Bonchev–Trinajstić information content (AvgIpc) is 2.72. The van der Waals surface area contributed by atoms with Gasteiger partial charge < -0.3 is 24.0 Å². The van der Waals surface area contributed by atoms with Gasteiger partial charge in [-0.2, -0.15) is 0 Å². The molecular formula is C24H34N2O5. The number of nitrogens with zero attached hydrogens (tertiary/aromatic N) is 2. The Morgan fingerprint density at radius 1 is 1.16 bits per heavy atom. The molecule has 1 spiro atoms. The van der Waals surface area contributed by atoms with Gasteiger partial charge >= 0.3 is 6.09 Å². The van der Waals surface area contributed by atoms with Gasteiger partial charge in [0.25, 0.3) is 5.91 Å². The number of piperidine rings is 1. The van der Waals surface area contributed by atoms with Crippen LogP contribution in [0.3, 0.4) is 0 Å². The van der Waals surface area contributed by atoms with Gasteiger partial charge in [-0.15, -0.1) is 0 Å². The number of fused-ring (bicyclic) bond motifs is 1. The molecule has 0 atom stereocenters. The molecule has 31 heavy (non-hydrogen) atoms. The van der Waals surface area contributed by atoms with Crippen molar-refractivity contribution in [2.75, 3.05) is 33.3 Å². The lowest BCUT2D eigenvalue weighted by Crippen LogP contribution is -2.51. The number of likely N-dealkylation sites (tertiary alicyclic amines) is 1. The fourth-order valence-electron chi connectivity index (χ4n) is 4.02. The molecule has 0 radical (unpaired) electrons. The van der Waals surface area contributed by atoms with E-state index in [0.717, 1.165) is 5.56 Å². The highest BCUT2D eigenvalue weighted by molar-refractivity contribution is 6.20. The Morgan fingerprint density at radius 3 is 2.35 bits per heavy atom. The van der Waals surface area contributed by atoms with Crippen molar-refractivity contribution in [3.63, 3.8) is 0 Å². The summed E-state index contributed by atoms with van der Waals surface area (Å²) in [6.45, 7) is 11.8. The standard InChI is InChI=1S/C24H34N2O5/c1-7-25(8-2)21(27)19-16-24(30-20-15-17(29-6)9-10-18(19)20)11-13-26(14-12-24)22(28)31-23(3,4)5/h9-10,15-16H,7-8,11-14H2,1-6H3. The predicted octanol–water partition coefficient (Wildman–Crippen LogP) is 4.11. The van der Waals surface area contributed by atoms with Crippen LogP contribution in [-0.2, 0) is 9.53 Å². The number of ether oxygens (including phenoxy) is 3. The molecule has 7 heteroatoms. The second-order valence-corrected chi connectivity index (χ2v) is 9.03. The van der Waals surface area contributed by atoms with E-state index >= 15 is 0 Å². The van der Waals surface area contributed by atoms with E-state index in [1.54, 1.807) is 12.0 Å². The Bertz CT molecular complexity index is 859. The van der Waals surface area contributed by atoms with Gasteiger partial charge in [-0.25, -0.2) is 4.79 Å². The van der Waals surface area contributed by atoms with E-state index in [-0.39, 0.29) is 12.0 Å². The number of methoxy groups -OCH3 is 1. The van der Waals surface area contributed by atoms with Crippen molar-refractivity contribution >= 4 is 17.6 Å². The van der Waals surface area contributed by atoms with Crippen LogP contribution in [0.5, 0.6) is 11.5 Å². The molecule has 0 aliphatic carbocycles. The Hall–Kier alpha value is -2.70. The Morgan fingerprint density at radius 2 is 1.81 bits per heavy atom. The zero-order valence-corrected chi connectivity index (χ0v) is 19.5. The number of rotatable bonds is 4. The number of hydrogen-bond acceptors (Lipinski definition) is 5. The summed E-state index contributed by atoms with van der Waals surface area (Å²) in [5.74, 6) is 1.31. The third-order valence-corrected chi connectivity index (χ3v) is 5.74. The van der Waals surface area contributed by atoms with E-state index in [2.05, 4.69) is 0 Å². The van der Waals surface area contributed by atoms with Crippen LogP contribution in [0.1, 0.15) is 53.0 Å². The van der Waals surface area contributed by atoms with E-state index in [9.17, 15) is 9.59 Å². The summed E-state index contributed by atoms with van der Waals surface area (Å²) in [5, 5.41) is 0. The van der Waals surface area contributed by atoms with Crippen LogP contribution < -0.4 is 9.47 Å². The second kappa shape index (κ2) is 8.81. The smallest absolute Gasteiger partial charge is 0.410 e.